The van der Waals surface area contributed by atoms with E-state index >= 15 is 0 Å². The maximum Gasteiger partial charge on any atom is 0.407 e. The summed E-state index contributed by atoms with van der Waals surface area (Å²) in [6, 6.07) is 8.57. The van der Waals surface area contributed by atoms with Crippen LogP contribution in [0.5, 0.6) is 0 Å². The summed E-state index contributed by atoms with van der Waals surface area (Å²) in [5.74, 6) is -0.359. The molecule has 4 N–H and O–H groups in total. The molecule has 0 saturated carbocycles. The van der Waals surface area contributed by atoms with E-state index in [9.17, 15) is 14.7 Å². The van der Waals surface area contributed by atoms with Crippen LogP contribution in [0.2, 0.25) is 0 Å². The number of hydrogen-bond donors (Lipinski definition) is 4. The number of carbonyl (C=O) groups is 2. The van der Waals surface area contributed by atoms with E-state index in [1.165, 1.54) is 7.11 Å². The van der Waals surface area contributed by atoms with Gasteiger partial charge in [0, 0.05) is 12.6 Å². The molecule has 0 fully saturated rings. The standard InChI is InChI=1S/C21H35N3O4/c1-14(2)22-13-17(25)16(12-15-10-8-7-9-11-15)23-19(26)18(21(3,4)5)24-20(27)28-6/h7-11,14,16-18,22,25H,12-13H2,1-6H3,(H,23,26)(H,24,27)/t16-,17-,18+/m0/s1. The summed E-state index contributed by atoms with van der Waals surface area (Å²) in [6.45, 7) is 9.91. The Kier molecular flexibility index (Phi) is 9.41. The van der Waals surface area contributed by atoms with Crippen LogP contribution in [-0.4, -0.2) is 55.0 Å². The second-order valence-corrected chi connectivity index (χ2v) is 8.37. The van der Waals surface area contributed by atoms with Gasteiger partial charge in [0.05, 0.1) is 19.3 Å². The third kappa shape index (κ3) is 8.27. The first-order chi connectivity index (χ1) is 13.0. The topological polar surface area (TPSA) is 99.7 Å². The normalized spacial score (nSPS) is 14.9. The molecular formula is C21H35N3O4. The van der Waals surface area contributed by atoms with Crippen LogP contribution in [0.15, 0.2) is 30.3 Å². The van der Waals surface area contributed by atoms with Gasteiger partial charge in [-0.05, 0) is 17.4 Å². The van der Waals surface area contributed by atoms with Crippen molar-refractivity contribution in [1.82, 2.24) is 16.0 Å². The second kappa shape index (κ2) is 11.0. The van der Waals surface area contributed by atoms with Crippen molar-refractivity contribution in [2.24, 2.45) is 5.41 Å². The highest BCUT2D eigenvalue weighted by Gasteiger charge is 2.35. The Hall–Kier alpha value is -2.12. The van der Waals surface area contributed by atoms with Crippen LogP contribution in [0.1, 0.15) is 40.2 Å². The van der Waals surface area contributed by atoms with Gasteiger partial charge in [-0.2, -0.15) is 0 Å². The van der Waals surface area contributed by atoms with Gasteiger partial charge >= 0.3 is 6.09 Å². The Balaban J connectivity index is 2.97. The monoisotopic (exact) mass is 393 g/mol. The van der Waals surface area contributed by atoms with Crippen LogP contribution in [0, 0.1) is 5.41 Å². The predicted molar refractivity (Wildman–Crippen MR) is 110 cm³/mol. The van der Waals surface area contributed by atoms with Crippen molar-refractivity contribution >= 4 is 12.0 Å². The van der Waals surface area contributed by atoms with Crippen LogP contribution >= 0.6 is 0 Å². The molecule has 28 heavy (non-hydrogen) atoms. The number of nitrogens with one attached hydrogen (secondary N) is 3. The zero-order chi connectivity index (χ0) is 21.3. The lowest BCUT2D eigenvalue weighted by Crippen LogP contribution is -2.58. The minimum absolute atomic E-state index is 0.214. The number of aliphatic hydroxyl groups is 1. The maximum absolute atomic E-state index is 13.0. The van der Waals surface area contributed by atoms with Gasteiger partial charge in [0.15, 0.2) is 0 Å². The molecule has 1 rings (SSSR count). The summed E-state index contributed by atoms with van der Waals surface area (Å²) < 4.78 is 4.65. The van der Waals surface area contributed by atoms with E-state index in [-0.39, 0.29) is 11.9 Å². The fourth-order valence-electron chi connectivity index (χ4n) is 2.77. The van der Waals surface area contributed by atoms with Gasteiger partial charge in [0.25, 0.3) is 0 Å². The molecule has 2 amide bonds. The molecule has 0 radical (unpaired) electrons. The third-order valence-electron chi connectivity index (χ3n) is 4.40. The van der Waals surface area contributed by atoms with Crippen LogP contribution in [-0.2, 0) is 16.0 Å². The zero-order valence-electron chi connectivity index (χ0n) is 17.8. The van der Waals surface area contributed by atoms with Gasteiger partial charge in [-0.25, -0.2) is 4.79 Å². The summed E-state index contributed by atoms with van der Waals surface area (Å²) in [4.78, 5) is 24.7. The largest absolute Gasteiger partial charge is 0.453 e. The Morgan fingerprint density at radius 2 is 1.71 bits per heavy atom. The fourth-order valence-corrected chi connectivity index (χ4v) is 2.77. The summed E-state index contributed by atoms with van der Waals surface area (Å²) in [6.07, 6.45) is -0.982. The van der Waals surface area contributed by atoms with E-state index in [1.807, 2.05) is 65.0 Å². The summed E-state index contributed by atoms with van der Waals surface area (Å²) >= 11 is 0. The first-order valence-electron chi connectivity index (χ1n) is 9.64. The van der Waals surface area contributed by atoms with E-state index in [1.54, 1.807) is 0 Å². The van der Waals surface area contributed by atoms with Crippen molar-refractivity contribution in [3.63, 3.8) is 0 Å². The lowest BCUT2D eigenvalue weighted by Gasteiger charge is -2.33. The number of aliphatic hydroxyl groups excluding tert-OH is 1. The smallest absolute Gasteiger partial charge is 0.407 e. The summed E-state index contributed by atoms with van der Waals surface area (Å²) in [7, 11) is 1.26. The lowest BCUT2D eigenvalue weighted by molar-refractivity contribution is -0.127. The number of ether oxygens (including phenoxy) is 1. The SMILES string of the molecule is COC(=O)N[C@H](C(=O)N[C@@H](Cc1ccccc1)[C@@H](O)CNC(C)C)C(C)(C)C. The van der Waals surface area contributed by atoms with Gasteiger partial charge in [0.1, 0.15) is 6.04 Å². The molecule has 3 atom stereocenters. The molecule has 158 valence electrons. The highest BCUT2D eigenvalue weighted by atomic mass is 16.5. The van der Waals surface area contributed by atoms with Crippen LogP contribution < -0.4 is 16.0 Å². The average Bonchev–Trinajstić information content (AvgIpc) is 2.63. The Morgan fingerprint density at radius 3 is 2.21 bits per heavy atom. The molecule has 0 aliphatic heterocycles. The van der Waals surface area contributed by atoms with Gasteiger partial charge in [-0.3, -0.25) is 4.79 Å². The lowest BCUT2D eigenvalue weighted by atomic mass is 9.85. The molecule has 7 nitrogen and oxygen atoms in total. The molecule has 1 aromatic rings. The first kappa shape index (κ1) is 23.9. The molecule has 0 saturated heterocycles. The first-order valence-corrected chi connectivity index (χ1v) is 9.64. The van der Waals surface area contributed by atoms with Crippen molar-refractivity contribution in [3.05, 3.63) is 35.9 Å². The quantitative estimate of drug-likeness (QED) is 0.513. The van der Waals surface area contributed by atoms with Gasteiger partial charge in [-0.1, -0.05) is 65.0 Å². The van der Waals surface area contributed by atoms with E-state index < -0.39 is 29.7 Å². The number of rotatable bonds is 9. The van der Waals surface area contributed by atoms with Crippen molar-refractivity contribution in [2.75, 3.05) is 13.7 Å². The molecule has 0 aliphatic carbocycles. The molecule has 0 spiro atoms. The van der Waals surface area contributed by atoms with Crippen LogP contribution in [0.25, 0.3) is 0 Å². The Labute approximate surface area is 168 Å². The molecule has 0 unspecified atom stereocenters. The molecule has 1 aromatic carbocycles. The van der Waals surface area contributed by atoms with Crippen molar-refractivity contribution < 1.29 is 19.4 Å². The number of alkyl carbamates (subject to hydrolysis) is 1. The van der Waals surface area contributed by atoms with Gasteiger partial charge < -0.3 is 25.8 Å². The Morgan fingerprint density at radius 1 is 1.11 bits per heavy atom. The van der Waals surface area contributed by atoms with Crippen LogP contribution in [0.4, 0.5) is 4.79 Å². The molecule has 7 heteroatoms. The number of methoxy groups -OCH3 is 1. The molecule has 0 aliphatic rings. The van der Waals surface area contributed by atoms with Crippen LogP contribution in [0.3, 0.4) is 0 Å². The molecular weight excluding hydrogens is 358 g/mol. The van der Waals surface area contributed by atoms with Crippen molar-refractivity contribution in [1.29, 1.82) is 0 Å². The second-order valence-electron chi connectivity index (χ2n) is 8.37. The minimum Gasteiger partial charge on any atom is -0.453 e. The number of hydrogen-bond acceptors (Lipinski definition) is 5. The predicted octanol–water partition coefficient (Wildman–Crippen LogP) is 1.84. The van der Waals surface area contributed by atoms with E-state index in [0.717, 1.165) is 5.56 Å². The average molecular weight is 394 g/mol. The van der Waals surface area contributed by atoms with E-state index in [2.05, 4.69) is 20.7 Å². The minimum atomic E-state index is -0.802. The van der Waals surface area contributed by atoms with Gasteiger partial charge in [-0.15, -0.1) is 0 Å². The fraction of sp³-hybridized carbons (Fsp3) is 0.619. The van der Waals surface area contributed by atoms with Crippen molar-refractivity contribution in [3.8, 4) is 0 Å². The number of benzene rings is 1. The zero-order valence-corrected chi connectivity index (χ0v) is 17.8. The van der Waals surface area contributed by atoms with E-state index in [4.69, 9.17) is 0 Å². The number of carbonyl (C=O) groups excluding carboxylic acids is 2. The third-order valence-corrected chi connectivity index (χ3v) is 4.40. The molecule has 0 bridgehead atoms. The maximum atomic E-state index is 13.0. The summed E-state index contributed by atoms with van der Waals surface area (Å²) in [5, 5.41) is 19.4. The molecule has 0 heterocycles. The van der Waals surface area contributed by atoms with Gasteiger partial charge in [0.2, 0.25) is 5.91 Å². The highest BCUT2D eigenvalue weighted by Crippen LogP contribution is 2.20. The van der Waals surface area contributed by atoms with Crippen molar-refractivity contribution in [2.45, 2.75) is 65.3 Å². The number of amides is 2. The highest BCUT2D eigenvalue weighted by molar-refractivity contribution is 5.86. The Bertz CT molecular complexity index is 614. The van der Waals surface area contributed by atoms with E-state index in [0.29, 0.717) is 13.0 Å². The molecule has 0 aromatic heterocycles. The summed E-state index contributed by atoms with van der Waals surface area (Å²) in [5.41, 5.74) is 0.473.